The lowest BCUT2D eigenvalue weighted by Gasteiger charge is -2.28. The van der Waals surface area contributed by atoms with Gasteiger partial charge in [0, 0.05) is 17.5 Å². The summed E-state index contributed by atoms with van der Waals surface area (Å²) in [5.41, 5.74) is 2.35. The van der Waals surface area contributed by atoms with E-state index in [2.05, 4.69) is 23.2 Å². The van der Waals surface area contributed by atoms with Crippen LogP contribution in [0.4, 0.5) is 0 Å². The summed E-state index contributed by atoms with van der Waals surface area (Å²) in [6, 6.07) is 21.9. The number of aliphatic imine (C=N–C) groups is 1. The number of allylic oxidation sites excluding steroid dienone is 1. The van der Waals surface area contributed by atoms with Crippen LogP contribution in [0.1, 0.15) is 30.9 Å². The second kappa shape index (κ2) is 7.98. The van der Waals surface area contributed by atoms with Gasteiger partial charge >= 0.3 is 0 Å². The Morgan fingerprint density at radius 3 is 2.62 bits per heavy atom. The number of benzene rings is 3. The molecule has 5 heteroatoms. The van der Waals surface area contributed by atoms with Gasteiger partial charge in [-0.15, -0.1) is 0 Å². The molecule has 0 amide bonds. The molecule has 3 aromatic carbocycles. The van der Waals surface area contributed by atoms with E-state index < -0.39 is 0 Å². The maximum Gasteiger partial charge on any atom is 0.237 e. The highest BCUT2D eigenvalue weighted by molar-refractivity contribution is 6.30. The van der Waals surface area contributed by atoms with Gasteiger partial charge in [-0.3, -0.25) is 0 Å². The van der Waals surface area contributed by atoms with Crippen molar-refractivity contribution in [2.45, 2.75) is 19.8 Å². The van der Waals surface area contributed by atoms with Crippen LogP contribution in [0.15, 0.2) is 77.1 Å². The van der Waals surface area contributed by atoms with Crippen molar-refractivity contribution in [1.29, 1.82) is 5.26 Å². The molecule has 0 saturated heterocycles. The Balaban J connectivity index is 2.00. The van der Waals surface area contributed by atoms with Crippen LogP contribution in [-0.2, 0) is 4.74 Å². The van der Waals surface area contributed by atoms with Crippen molar-refractivity contribution in [1.82, 2.24) is 0 Å². The second-order valence-electron chi connectivity index (χ2n) is 6.68. The van der Waals surface area contributed by atoms with Crippen molar-refractivity contribution in [3.05, 3.63) is 88.3 Å². The minimum Gasteiger partial charge on any atom is -0.481 e. The highest BCUT2D eigenvalue weighted by Crippen LogP contribution is 2.46. The summed E-state index contributed by atoms with van der Waals surface area (Å²) in [6.07, 6.45) is 0. The molecule has 1 atom stereocenters. The molecule has 1 heterocycles. The van der Waals surface area contributed by atoms with Gasteiger partial charge in [-0.25, -0.2) is 0 Å². The Morgan fingerprint density at radius 2 is 1.90 bits per heavy atom. The van der Waals surface area contributed by atoms with E-state index in [1.807, 2.05) is 55.5 Å². The third-order valence-electron chi connectivity index (χ3n) is 4.88. The molecule has 4 rings (SSSR count). The van der Waals surface area contributed by atoms with E-state index in [-0.39, 0.29) is 11.8 Å². The first kappa shape index (κ1) is 19.0. The molecule has 1 unspecified atom stereocenters. The van der Waals surface area contributed by atoms with Gasteiger partial charge in [0.15, 0.2) is 5.90 Å². The molecule has 0 bridgehead atoms. The van der Waals surface area contributed by atoms with Crippen molar-refractivity contribution >= 4 is 28.3 Å². The molecule has 1 aliphatic rings. The average Bonchev–Trinajstić information content (AvgIpc) is 2.73. The zero-order valence-electron chi connectivity index (χ0n) is 16.1. The molecule has 0 N–H and O–H groups in total. The van der Waals surface area contributed by atoms with Gasteiger partial charge in [-0.05, 0) is 41.5 Å². The Morgan fingerprint density at radius 1 is 1.14 bits per heavy atom. The van der Waals surface area contributed by atoms with E-state index in [4.69, 9.17) is 21.1 Å². The zero-order chi connectivity index (χ0) is 20.4. The maximum atomic E-state index is 10.1. The van der Waals surface area contributed by atoms with Crippen molar-refractivity contribution in [3.63, 3.8) is 0 Å². The first-order chi connectivity index (χ1) is 14.1. The van der Waals surface area contributed by atoms with Gasteiger partial charge in [-0.1, -0.05) is 54.1 Å². The van der Waals surface area contributed by atoms with E-state index in [0.717, 1.165) is 21.9 Å². The fourth-order valence-corrected chi connectivity index (χ4v) is 3.78. The zero-order valence-corrected chi connectivity index (χ0v) is 16.9. The first-order valence-electron chi connectivity index (χ1n) is 9.39. The number of nitrogens with zero attached hydrogens (tertiary/aromatic N) is 2. The van der Waals surface area contributed by atoms with Crippen LogP contribution in [0.5, 0.6) is 5.75 Å². The first-order valence-corrected chi connectivity index (χ1v) is 9.77. The third kappa shape index (κ3) is 3.57. The molecule has 3 aromatic rings. The number of nitriles is 1. The summed E-state index contributed by atoms with van der Waals surface area (Å²) < 4.78 is 11.6. The Bertz CT molecular complexity index is 1170. The number of ether oxygens (including phenoxy) is 2. The van der Waals surface area contributed by atoms with Crippen LogP contribution in [-0.4, -0.2) is 12.5 Å². The fourth-order valence-electron chi connectivity index (χ4n) is 3.66. The predicted octanol–water partition coefficient (Wildman–Crippen LogP) is 6.21. The summed E-state index contributed by atoms with van der Waals surface area (Å²) >= 11 is 6.11. The lowest BCUT2D eigenvalue weighted by atomic mass is 9.81. The topological polar surface area (TPSA) is 54.6 Å². The molecule has 0 fully saturated rings. The van der Waals surface area contributed by atoms with Gasteiger partial charge < -0.3 is 9.47 Å². The number of hydrogen-bond acceptors (Lipinski definition) is 4. The summed E-state index contributed by atoms with van der Waals surface area (Å²) in [6.45, 7) is 4.13. The van der Waals surface area contributed by atoms with Crippen LogP contribution in [0, 0.1) is 11.3 Å². The molecule has 4 nitrogen and oxygen atoms in total. The smallest absolute Gasteiger partial charge is 0.237 e. The standard InChI is InChI=1S/C24H19ClN2O2/c1-3-28-15(2)27-24-20(14-26)22(17-8-11-18(25)12-9-17)23-19-7-5-4-6-16(19)10-13-21(23)29-24/h4-13,22H,3H2,1-2H3. The van der Waals surface area contributed by atoms with E-state index in [1.54, 1.807) is 6.92 Å². The van der Waals surface area contributed by atoms with Crippen LogP contribution >= 0.6 is 11.6 Å². The molecule has 0 saturated carbocycles. The Kier molecular flexibility index (Phi) is 5.24. The van der Waals surface area contributed by atoms with Crippen molar-refractivity contribution in [3.8, 4) is 11.8 Å². The molecule has 1 aliphatic heterocycles. The summed E-state index contributed by atoms with van der Waals surface area (Å²) in [5, 5.41) is 12.8. The van der Waals surface area contributed by atoms with Crippen molar-refractivity contribution < 1.29 is 9.47 Å². The van der Waals surface area contributed by atoms with Crippen molar-refractivity contribution in [2.24, 2.45) is 4.99 Å². The number of halogens is 1. The molecule has 0 radical (unpaired) electrons. The summed E-state index contributed by atoms with van der Waals surface area (Å²) in [7, 11) is 0. The SMILES string of the molecule is CCOC(C)=NC1=C(C#N)C(c2ccc(Cl)cc2)c2c(ccc3ccccc23)O1. The van der Waals surface area contributed by atoms with E-state index >= 15 is 0 Å². The molecule has 29 heavy (non-hydrogen) atoms. The average molecular weight is 403 g/mol. The van der Waals surface area contributed by atoms with E-state index in [0.29, 0.717) is 28.8 Å². The quantitative estimate of drug-likeness (QED) is 0.386. The van der Waals surface area contributed by atoms with Crippen LogP contribution in [0.2, 0.25) is 5.02 Å². The molecular formula is C24H19ClN2O2. The van der Waals surface area contributed by atoms with E-state index in [1.165, 1.54) is 0 Å². The van der Waals surface area contributed by atoms with Gasteiger partial charge in [0.25, 0.3) is 0 Å². The normalized spacial score (nSPS) is 16.2. The van der Waals surface area contributed by atoms with Crippen LogP contribution < -0.4 is 4.74 Å². The summed E-state index contributed by atoms with van der Waals surface area (Å²) in [4.78, 5) is 4.45. The van der Waals surface area contributed by atoms with Crippen LogP contribution in [0.25, 0.3) is 10.8 Å². The molecule has 144 valence electrons. The van der Waals surface area contributed by atoms with Gasteiger partial charge in [0.2, 0.25) is 5.88 Å². The molecule has 0 aliphatic carbocycles. The van der Waals surface area contributed by atoms with Crippen LogP contribution in [0.3, 0.4) is 0 Å². The second-order valence-corrected chi connectivity index (χ2v) is 7.12. The fraction of sp³-hybridized carbons (Fsp3) is 0.167. The number of hydrogen-bond donors (Lipinski definition) is 0. The minimum absolute atomic E-state index is 0.265. The molecular weight excluding hydrogens is 384 g/mol. The highest BCUT2D eigenvalue weighted by atomic mass is 35.5. The number of fused-ring (bicyclic) bond motifs is 3. The summed E-state index contributed by atoms with van der Waals surface area (Å²) in [5.74, 6) is 1.08. The highest BCUT2D eigenvalue weighted by Gasteiger charge is 2.33. The Labute approximate surface area is 174 Å². The lowest BCUT2D eigenvalue weighted by molar-refractivity contribution is 0.317. The minimum atomic E-state index is -0.319. The number of rotatable bonds is 3. The maximum absolute atomic E-state index is 10.1. The largest absolute Gasteiger partial charge is 0.481 e. The van der Waals surface area contributed by atoms with Crippen molar-refractivity contribution in [2.75, 3.05) is 6.61 Å². The third-order valence-corrected chi connectivity index (χ3v) is 5.13. The van der Waals surface area contributed by atoms with Gasteiger partial charge in [0.1, 0.15) is 17.4 Å². The Hall–Kier alpha value is -3.29. The molecule has 0 aromatic heterocycles. The predicted molar refractivity (Wildman–Crippen MR) is 115 cm³/mol. The molecule has 0 spiro atoms. The monoisotopic (exact) mass is 402 g/mol. The lowest BCUT2D eigenvalue weighted by Crippen LogP contribution is -2.17. The van der Waals surface area contributed by atoms with Gasteiger partial charge in [0.05, 0.1) is 12.5 Å². The van der Waals surface area contributed by atoms with Gasteiger partial charge in [-0.2, -0.15) is 10.3 Å². The van der Waals surface area contributed by atoms with E-state index in [9.17, 15) is 5.26 Å².